The van der Waals surface area contributed by atoms with E-state index in [-0.39, 0.29) is 48.7 Å². The van der Waals surface area contributed by atoms with E-state index in [0.717, 1.165) is 0 Å². The summed E-state index contributed by atoms with van der Waals surface area (Å²) in [6, 6.07) is 0. The fourth-order valence-electron chi connectivity index (χ4n) is 0.443. The molecular weight excluding hydrogens is 227 g/mol. The van der Waals surface area contributed by atoms with Crippen LogP contribution in [0.5, 0.6) is 0 Å². The van der Waals surface area contributed by atoms with Gasteiger partial charge in [0.15, 0.2) is 0 Å². The van der Waals surface area contributed by atoms with E-state index < -0.39 is 7.82 Å². The van der Waals surface area contributed by atoms with Crippen molar-refractivity contribution in [2.24, 2.45) is 0 Å². The molecule has 4 nitrogen and oxygen atoms in total. The number of halogens is 1. The summed E-state index contributed by atoms with van der Waals surface area (Å²) in [4.78, 5) is 10.7. The predicted molar refractivity (Wildman–Crippen MR) is 45.8 cm³/mol. The van der Waals surface area contributed by atoms with E-state index in [4.69, 9.17) is 0 Å². The van der Waals surface area contributed by atoms with Crippen molar-refractivity contribution in [1.29, 1.82) is 0 Å². The Hall–Kier alpha value is 1.17. The van der Waals surface area contributed by atoms with Crippen molar-refractivity contribution in [3.63, 3.8) is 0 Å². The monoisotopic (exact) mass is 240 g/mol. The van der Waals surface area contributed by atoms with E-state index in [1.165, 1.54) is 0 Å². The predicted octanol–water partition coefficient (Wildman–Crippen LogP) is -2.07. The van der Waals surface area contributed by atoms with Gasteiger partial charge >= 0.3 is 23.1 Å². The number of hydrogen-bond donors (Lipinski definition) is 0. The minimum atomic E-state index is -3.98. The number of phosphoric ester groups is 1. The number of phosphoric acid groups is 1. The van der Waals surface area contributed by atoms with E-state index in [1.54, 1.807) is 0 Å². The summed E-state index contributed by atoms with van der Waals surface area (Å²) >= 11 is 0. The van der Waals surface area contributed by atoms with Crippen LogP contribution in [0, 0.1) is 0 Å². The Bertz CT molecular complexity index is 135. The van der Waals surface area contributed by atoms with Gasteiger partial charge in [0.2, 0.25) is 0 Å². The van der Waals surface area contributed by atoms with E-state index in [9.17, 15) is 9.46 Å². The fourth-order valence-corrected chi connectivity index (χ4v) is 1.33. The Labute approximate surface area is 102 Å². The van der Waals surface area contributed by atoms with E-state index >= 15 is 0 Å². The topological polar surface area (TPSA) is 58.6 Å². The van der Waals surface area contributed by atoms with Gasteiger partial charge in [-0.15, -0.1) is 0 Å². The summed E-state index contributed by atoms with van der Waals surface area (Å²) in [6.45, 7) is 4.06. The molecule has 0 fully saturated rings. The van der Waals surface area contributed by atoms with Crippen LogP contribution in [-0.2, 0) is 13.6 Å². The minimum Gasteiger partial charge on any atom is -1.00 e. The third-order valence-corrected chi connectivity index (χ3v) is 1.90. The molecule has 0 atom stereocenters. The second-order valence-electron chi connectivity index (χ2n) is 2.11. The normalized spacial score (nSPS) is 10.1. The molecule has 0 aromatic rings. The van der Waals surface area contributed by atoms with Crippen LogP contribution in [0.2, 0.25) is 0 Å². The second-order valence-corrected chi connectivity index (χ2v) is 3.52. The summed E-state index contributed by atoms with van der Waals surface area (Å²) in [5.41, 5.74) is 0. The summed E-state index contributed by atoms with van der Waals surface area (Å²) in [5.74, 6) is 0. The van der Waals surface area contributed by atoms with Crippen LogP contribution in [0.15, 0.2) is 0 Å². The van der Waals surface area contributed by atoms with Crippen molar-refractivity contribution >= 4 is 30.9 Å². The Balaban J connectivity index is -0.000000500. The van der Waals surface area contributed by atoms with Gasteiger partial charge in [0.05, 0.1) is 13.2 Å². The first kappa shape index (κ1) is 19.7. The molecule has 7 heteroatoms. The molecule has 0 N–H and O–H groups in total. The fraction of sp³-hybridized carbons (Fsp3) is 1.00. The van der Waals surface area contributed by atoms with Crippen LogP contribution >= 0.6 is 7.82 Å². The molecule has 76 valence electrons. The van der Waals surface area contributed by atoms with Crippen molar-refractivity contribution in [2.75, 3.05) is 13.2 Å². The standard InChI is InChI=1S/C6H15O4P.ClH.Mg/c1-3-5-9-11(7,8)10-6-4-2;;/h3-6H2,1-2H3,(H,7,8);1H;/q;;+2/p-2. The number of rotatable bonds is 6. The molecule has 0 unspecified atom stereocenters. The average Bonchev–Trinajstić information content (AvgIpc) is 1.97. The maximum Gasteiger partial charge on any atom is 2.00 e. The quantitative estimate of drug-likeness (QED) is 0.396. The molecule has 0 amide bonds. The molecule has 0 spiro atoms. The Morgan fingerprint density at radius 1 is 1.15 bits per heavy atom. The van der Waals surface area contributed by atoms with Gasteiger partial charge in [0.25, 0.3) is 7.82 Å². The molecule has 0 aromatic heterocycles. The van der Waals surface area contributed by atoms with Crippen molar-refractivity contribution in [3.8, 4) is 0 Å². The van der Waals surface area contributed by atoms with Crippen LogP contribution in [0.25, 0.3) is 0 Å². The van der Waals surface area contributed by atoms with Crippen LogP contribution < -0.4 is 17.3 Å². The van der Waals surface area contributed by atoms with Crippen molar-refractivity contribution < 1.29 is 30.9 Å². The molecule has 0 aliphatic rings. The Kier molecular flexibility index (Phi) is 17.0. The van der Waals surface area contributed by atoms with E-state index in [0.29, 0.717) is 12.8 Å². The molecule has 0 rings (SSSR count). The molecule has 0 radical (unpaired) electrons. The first-order chi connectivity index (χ1) is 5.12. The zero-order valence-electron chi connectivity index (χ0n) is 7.99. The summed E-state index contributed by atoms with van der Waals surface area (Å²) in [6.07, 6.45) is 1.34. The summed E-state index contributed by atoms with van der Waals surface area (Å²) in [5, 5.41) is 0. The Morgan fingerprint density at radius 2 is 1.46 bits per heavy atom. The van der Waals surface area contributed by atoms with Gasteiger partial charge in [-0.1, -0.05) is 13.8 Å². The average molecular weight is 241 g/mol. The smallest absolute Gasteiger partial charge is 1.00 e. The maximum atomic E-state index is 10.7. The third kappa shape index (κ3) is 13.2. The minimum absolute atomic E-state index is 0. The van der Waals surface area contributed by atoms with Gasteiger partial charge in [-0.25, -0.2) is 0 Å². The summed E-state index contributed by atoms with van der Waals surface area (Å²) < 4.78 is 19.6. The molecule has 0 aliphatic carbocycles. The van der Waals surface area contributed by atoms with Crippen LogP contribution in [0.4, 0.5) is 0 Å². The van der Waals surface area contributed by atoms with Gasteiger partial charge < -0.3 is 26.3 Å². The van der Waals surface area contributed by atoms with Gasteiger partial charge in [-0.2, -0.15) is 0 Å². The molecule has 0 saturated heterocycles. The van der Waals surface area contributed by atoms with Gasteiger partial charge in [-0.3, -0.25) is 4.57 Å². The van der Waals surface area contributed by atoms with Crippen molar-refractivity contribution in [1.82, 2.24) is 0 Å². The van der Waals surface area contributed by atoms with Gasteiger partial charge in [-0.05, 0) is 12.8 Å². The second kappa shape index (κ2) is 11.2. The molecule has 0 saturated carbocycles. The maximum absolute atomic E-state index is 10.7. The van der Waals surface area contributed by atoms with Crippen LogP contribution in [-0.4, -0.2) is 36.3 Å². The first-order valence-electron chi connectivity index (χ1n) is 3.72. The Morgan fingerprint density at radius 3 is 1.69 bits per heavy atom. The zero-order chi connectivity index (χ0) is 8.74. The number of hydrogen-bond acceptors (Lipinski definition) is 4. The molecule has 0 aromatic carbocycles. The van der Waals surface area contributed by atoms with Crippen molar-refractivity contribution in [2.45, 2.75) is 26.7 Å². The SMILES string of the molecule is CCCOP(=O)([O-])OCCC.[Cl-].[Mg+2]. The zero-order valence-corrected chi connectivity index (χ0v) is 11.1. The van der Waals surface area contributed by atoms with Gasteiger partial charge in [0, 0.05) is 0 Å². The molecule has 0 heterocycles. The molecule has 0 bridgehead atoms. The largest absolute Gasteiger partial charge is 2.00 e. The molecular formula is C6H14ClMgO4P. The first-order valence-corrected chi connectivity index (χ1v) is 5.18. The molecule has 13 heavy (non-hydrogen) atoms. The van der Waals surface area contributed by atoms with Crippen LogP contribution in [0.3, 0.4) is 0 Å². The van der Waals surface area contributed by atoms with Crippen molar-refractivity contribution in [3.05, 3.63) is 0 Å². The van der Waals surface area contributed by atoms with Gasteiger partial charge in [0.1, 0.15) is 0 Å². The molecule has 0 aliphatic heterocycles. The summed E-state index contributed by atoms with van der Waals surface area (Å²) in [7, 11) is -3.98. The van der Waals surface area contributed by atoms with E-state index in [2.05, 4.69) is 9.05 Å². The third-order valence-electron chi connectivity index (χ3n) is 0.907. The van der Waals surface area contributed by atoms with Crippen LogP contribution in [0.1, 0.15) is 26.7 Å². The van der Waals surface area contributed by atoms with E-state index in [1.807, 2.05) is 13.8 Å².